The number of nitrogens with one attached hydrogen (secondary N) is 1. The zero-order valence-electron chi connectivity index (χ0n) is 11.5. The third-order valence-corrected chi connectivity index (χ3v) is 3.94. The Morgan fingerprint density at radius 3 is 2.80 bits per heavy atom. The van der Waals surface area contributed by atoms with Gasteiger partial charge < -0.3 is 5.32 Å². The van der Waals surface area contributed by atoms with Crippen LogP contribution >= 0.6 is 11.6 Å². The molecule has 1 saturated heterocycles. The average Bonchev–Trinajstić information content (AvgIpc) is 2.42. The topological polar surface area (TPSA) is 56.1 Å². The molecule has 106 valence electrons. The second-order valence-corrected chi connectivity index (χ2v) is 5.94. The van der Waals surface area contributed by atoms with E-state index in [1.807, 2.05) is 13.0 Å². The van der Waals surface area contributed by atoms with Gasteiger partial charge in [-0.1, -0.05) is 17.7 Å². The van der Waals surface area contributed by atoms with Gasteiger partial charge in [0.15, 0.2) is 0 Å². The molecule has 1 aliphatic heterocycles. The summed E-state index contributed by atoms with van der Waals surface area (Å²) in [7, 11) is 0. The standard InChI is InChI=1S/C15H18ClN3O/c1-15(11-17)5-7-19(8-6-15)10-14(20)18-13-4-2-3-12(16)9-13/h2-4,9H,5-8,10H2,1H3,(H,18,20). The number of halogens is 1. The molecule has 1 aliphatic rings. The zero-order chi connectivity index (χ0) is 14.6. The molecule has 4 nitrogen and oxygen atoms in total. The van der Waals surface area contributed by atoms with Gasteiger partial charge in [0.2, 0.25) is 5.91 Å². The lowest BCUT2D eigenvalue weighted by molar-refractivity contribution is -0.117. The van der Waals surface area contributed by atoms with Gasteiger partial charge in [0, 0.05) is 23.8 Å². The van der Waals surface area contributed by atoms with Crippen LogP contribution in [0.25, 0.3) is 0 Å². The van der Waals surface area contributed by atoms with E-state index in [9.17, 15) is 4.79 Å². The van der Waals surface area contributed by atoms with E-state index in [0.29, 0.717) is 17.3 Å². The Morgan fingerprint density at radius 2 is 2.20 bits per heavy atom. The van der Waals surface area contributed by atoms with Crippen LogP contribution in [0.3, 0.4) is 0 Å². The zero-order valence-corrected chi connectivity index (χ0v) is 12.3. The monoisotopic (exact) mass is 291 g/mol. The van der Waals surface area contributed by atoms with Crippen molar-refractivity contribution in [1.29, 1.82) is 5.26 Å². The largest absolute Gasteiger partial charge is 0.325 e. The van der Waals surface area contributed by atoms with Crippen LogP contribution in [0.2, 0.25) is 5.02 Å². The van der Waals surface area contributed by atoms with Gasteiger partial charge in [-0.2, -0.15) is 5.26 Å². The van der Waals surface area contributed by atoms with E-state index >= 15 is 0 Å². The van der Waals surface area contributed by atoms with E-state index in [2.05, 4.69) is 16.3 Å². The van der Waals surface area contributed by atoms with E-state index < -0.39 is 0 Å². The predicted molar refractivity (Wildman–Crippen MR) is 79.5 cm³/mol. The van der Waals surface area contributed by atoms with Crippen LogP contribution in [0.15, 0.2) is 24.3 Å². The van der Waals surface area contributed by atoms with Gasteiger partial charge in [-0.25, -0.2) is 0 Å². The first-order valence-electron chi connectivity index (χ1n) is 6.70. The third-order valence-electron chi connectivity index (χ3n) is 3.71. The molecule has 0 aromatic heterocycles. The molecule has 0 bridgehead atoms. The SMILES string of the molecule is CC1(C#N)CCN(CC(=O)Nc2cccc(Cl)c2)CC1. The normalized spacial score (nSPS) is 18.2. The molecule has 1 aromatic rings. The summed E-state index contributed by atoms with van der Waals surface area (Å²) in [5.74, 6) is -0.0483. The van der Waals surface area contributed by atoms with Crippen molar-refractivity contribution in [2.75, 3.05) is 25.0 Å². The highest BCUT2D eigenvalue weighted by molar-refractivity contribution is 6.30. The minimum atomic E-state index is -0.236. The van der Waals surface area contributed by atoms with Crippen molar-refractivity contribution in [3.8, 4) is 6.07 Å². The summed E-state index contributed by atoms with van der Waals surface area (Å²) in [6.45, 7) is 3.91. The fraction of sp³-hybridized carbons (Fsp3) is 0.467. The van der Waals surface area contributed by atoms with E-state index in [0.717, 1.165) is 25.9 Å². The number of hydrogen-bond acceptors (Lipinski definition) is 3. The van der Waals surface area contributed by atoms with Crippen LogP contribution in [0, 0.1) is 16.7 Å². The molecule has 0 aliphatic carbocycles. The smallest absolute Gasteiger partial charge is 0.238 e. The quantitative estimate of drug-likeness (QED) is 0.931. The van der Waals surface area contributed by atoms with Crippen LogP contribution in [-0.4, -0.2) is 30.4 Å². The van der Waals surface area contributed by atoms with Crippen LogP contribution in [0.5, 0.6) is 0 Å². The number of likely N-dealkylation sites (tertiary alicyclic amines) is 1. The third kappa shape index (κ3) is 3.96. The Bertz CT molecular complexity index is 530. The minimum Gasteiger partial charge on any atom is -0.325 e. The predicted octanol–water partition coefficient (Wildman–Crippen LogP) is 2.90. The number of rotatable bonds is 3. The van der Waals surface area contributed by atoms with Gasteiger partial charge in [-0.05, 0) is 38.0 Å². The van der Waals surface area contributed by atoms with Crippen molar-refractivity contribution in [3.63, 3.8) is 0 Å². The van der Waals surface area contributed by atoms with E-state index in [-0.39, 0.29) is 11.3 Å². The van der Waals surface area contributed by atoms with Crippen molar-refractivity contribution in [1.82, 2.24) is 4.90 Å². The van der Waals surface area contributed by atoms with Crippen LogP contribution in [-0.2, 0) is 4.79 Å². The van der Waals surface area contributed by atoms with Crippen molar-refractivity contribution >= 4 is 23.2 Å². The minimum absolute atomic E-state index is 0.0483. The van der Waals surface area contributed by atoms with Gasteiger partial charge in [0.1, 0.15) is 0 Å². The van der Waals surface area contributed by atoms with Crippen molar-refractivity contribution in [2.45, 2.75) is 19.8 Å². The summed E-state index contributed by atoms with van der Waals surface area (Å²) in [5, 5.41) is 12.5. The van der Waals surface area contributed by atoms with E-state index in [4.69, 9.17) is 16.9 Å². The van der Waals surface area contributed by atoms with Gasteiger partial charge in [0.25, 0.3) is 0 Å². The Labute approximate surface area is 124 Å². The summed E-state index contributed by atoms with van der Waals surface area (Å²) < 4.78 is 0. The van der Waals surface area contributed by atoms with Gasteiger partial charge in [0.05, 0.1) is 18.0 Å². The maximum atomic E-state index is 12.0. The number of piperidine rings is 1. The fourth-order valence-electron chi connectivity index (χ4n) is 2.29. The number of anilines is 1. The highest BCUT2D eigenvalue weighted by Crippen LogP contribution is 2.29. The number of nitriles is 1. The summed E-state index contributed by atoms with van der Waals surface area (Å²) in [4.78, 5) is 14.0. The molecule has 0 atom stereocenters. The number of nitrogens with zero attached hydrogens (tertiary/aromatic N) is 2. The molecular weight excluding hydrogens is 274 g/mol. The Balaban J connectivity index is 1.83. The number of hydrogen-bond donors (Lipinski definition) is 1. The summed E-state index contributed by atoms with van der Waals surface area (Å²) in [6, 6.07) is 9.47. The Morgan fingerprint density at radius 1 is 1.50 bits per heavy atom. The number of amides is 1. The number of carbonyl (C=O) groups is 1. The summed E-state index contributed by atoms with van der Waals surface area (Å²) in [5.41, 5.74) is 0.473. The summed E-state index contributed by atoms with van der Waals surface area (Å²) >= 11 is 5.88. The lowest BCUT2D eigenvalue weighted by Crippen LogP contribution is -2.42. The van der Waals surface area contributed by atoms with Gasteiger partial charge >= 0.3 is 0 Å². The number of benzene rings is 1. The lowest BCUT2D eigenvalue weighted by Gasteiger charge is -2.34. The van der Waals surface area contributed by atoms with Gasteiger partial charge in [-0.15, -0.1) is 0 Å². The maximum absolute atomic E-state index is 12.0. The van der Waals surface area contributed by atoms with Crippen LogP contribution in [0.4, 0.5) is 5.69 Å². The van der Waals surface area contributed by atoms with Crippen LogP contribution in [0.1, 0.15) is 19.8 Å². The van der Waals surface area contributed by atoms with Crippen molar-refractivity contribution < 1.29 is 4.79 Å². The fourth-order valence-corrected chi connectivity index (χ4v) is 2.48. The molecule has 0 unspecified atom stereocenters. The van der Waals surface area contributed by atoms with Crippen molar-refractivity contribution in [3.05, 3.63) is 29.3 Å². The van der Waals surface area contributed by atoms with Crippen molar-refractivity contribution in [2.24, 2.45) is 5.41 Å². The molecule has 1 fully saturated rings. The van der Waals surface area contributed by atoms with Crippen LogP contribution < -0.4 is 5.32 Å². The first-order chi connectivity index (χ1) is 9.50. The molecule has 0 radical (unpaired) electrons. The molecule has 5 heteroatoms. The molecule has 0 saturated carbocycles. The first kappa shape index (κ1) is 14.8. The number of carbonyl (C=O) groups excluding carboxylic acids is 1. The maximum Gasteiger partial charge on any atom is 0.238 e. The Hall–Kier alpha value is -1.57. The van der Waals surface area contributed by atoms with E-state index in [1.165, 1.54) is 0 Å². The second-order valence-electron chi connectivity index (χ2n) is 5.51. The molecule has 0 spiro atoms. The molecule has 20 heavy (non-hydrogen) atoms. The Kier molecular flexibility index (Phi) is 4.64. The average molecular weight is 292 g/mol. The van der Waals surface area contributed by atoms with Gasteiger partial charge in [-0.3, -0.25) is 9.69 Å². The first-order valence-corrected chi connectivity index (χ1v) is 7.08. The second kappa shape index (κ2) is 6.25. The summed E-state index contributed by atoms with van der Waals surface area (Å²) in [6.07, 6.45) is 1.63. The molecule has 1 aromatic carbocycles. The highest BCUT2D eigenvalue weighted by Gasteiger charge is 2.30. The molecule has 2 rings (SSSR count). The molecular formula is C15H18ClN3O. The lowest BCUT2D eigenvalue weighted by atomic mass is 9.82. The molecule has 1 heterocycles. The molecule has 1 N–H and O–H groups in total. The highest BCUT2D eigenvalue weighted by atomic mass is 35.5. The molecule has 1 amide bonds. The van der Waals surface area contributed by atoms with E-state index in [1.54, 1.807) is 18.2 Å².